The van der Waals surface area contributed by atoms with Gasteiger partial charge in [0.15, 0.2) is 0 Å². The lowest BCUT2D eigenvalue weighted by atomic mass is 10.1. The Labute approximate surface area is 168 Å². The first-order chi connectivity index (χ1) is 14.1. The van der Waals surface area contributed by atoms with Crippen molar-refractivity contribution in [2.75, 3.05) is 19.7 Å². The molecule has 0 amide bonds. The molecule has 0 bridgehead atoms. The number of benzene rings is 2. The van der Waals surface area contributed by atoms with E-state index in [1.807, 2.05) is 22.8 Å². The summed E-state index contributed by atoms with van der Waals surface area (Å²) in [7, 11) is 0. The van der Waals surface area contributed by atoms with Crippen LogP contribution in [0.4, 0.5) is 10.5 Å². The van der Waals surface area contributed by atoms with E-state index in [1.165, 1.54) is 17.7 Å². The van der Waals surface area contributed by atoms with Crippen molar-refractivity contribution in [1.29, 1.82) is 0 Å². The number of nitro groups is 1. The van der Waals surface area contributed by atoms with Crippen molar-refractivity contribution in [3.05, 3.63) is 70.3 Å². The fourth-order valence-corrected chi connectivity index (χ4v) is 3.09. The van der Waals surface area contributed by atoms with Gasteiger partial charge in [-0.1, -0.05) is 30.3 Å². The van der Waals surface area contributed by atoms with Gasteiger partial charge in [0.1, 0.15) is 0 Å². The van der Waals surface area contributed by atoms with E-state index in [4.69, 9.17) is 9.47 Å². The van der Waals surface area contributed by atoms with Gasteiger partial charge in [0.2, 0.25) is 5.88 Å². The topological polar surface area (TPSA) is 95.6 Å². The molecule has 8 nitrogen and oxygen atoms in total. The van der Waals surface area contributed by atoms with Crippen molar-refractivity contribution < 1.29 is 19.2 Å². The third-order valence-electron chi connectivity index (χ3n) is 4.45. The summed E-state index contributed by atoms with van der Waals surface area (Å²) in [5.41, 5.74) is 1.99. The number of carbonyl (C=O) groups excluding carboxylic acids is 1. The molecule has 0 fully saturated rings. The van der Waals surface area contributed by atoms with E-state index in [0.29, 0.717) is 24.4 Å². The van der Waals surface area contributed by atoms with Gasteiger partial charge >= 0.3 is 6.16 Å². The first-order valence-corrected chi connectivity index (χ1v) is 9.45. The molecule has 1 N–H and O–H groups in total. The Kier molecular flexibility index (Phi) is 6.80. The van der Waals surface area contributed by atoms with Gasteiger partial charge < -0.3 is 19.4 Å². The van der Waals surface area contributed by atoms with Crippen LogP contribution in [0.2, 0.25) is 0 Å². The Morgan fingerprint density at radius 2 is 1.93 bits per heavy atom. The minimum atomic E-state index is -0.803. The zero-order valence-electron chi connectivity index (χ0n) is 16.2. The van der Waals surface area contributed by atoms with Crippen LogP contribution in [0.15, 0.2) is 54.6 Å². The molecule has 0 saturated carbocycles. The summed E-state index contributed by atoms with van der Waals surface area (Å²) < 4.78 is 12.0. The molecule has 0 aliphatic heterocycles. The van der Waals surface area contributed by atoms with Crippen molar-refractivity contribution in [3.8, 4) is 5.88 Å². The number of non-ortho nitro benzene ring substituents is 1. The second-order valence-electron chi connectivity index (χ2n) is 6.41. The Balaban J connectivity index is 1.71. The molecule has 0 unspecified atom stereocenters. The van der Waals surface area contributed by atoms with E-state index in [2.05, 4.69) is 17.4 Å². The first-order valence-electron chi connectivity index (χ1n) is 9.45. The predicted octanol–water partition coefficient (Wildman–Crippen LogP) is 3.92. The van der Waals surface area contributed by atoms with E-state index in [1.54, 1.807) is 19.1 Å². The van der Waals surface area contributed by atoms with Crippen molar-refractivity contribution in [3.63, 3.8) is 0 Å². The van der Waals surface area contributed by atoms with Crippen molar-refractivity contribution >= 4 is 22.7 Å². The van der Waals surface area contributed by atoms with Crippen LogP contribution in [-0.2, 0) is 17.7 Å². The molecule has 0 atom stereocenters. The van der Waals surface area contributed by atoms with Gasteiger partial charge in [-0.15, -0.1) is 0 Å². The zero-order chi connectivity index (χ0) is 20.6. The lowest BCUT2D eigenvalue weighted by molar-refractivity contribution is -0.384. The van der Waals surface area contributed by atoms with Crippen LogP contribution in [-0.4, -0.2) is 35.3 Å². The van der Waals surface area contributed by atoms with Crippen LogP contribution in [0.25, 0.3) is 10.9 Å². The highest BCUT2D eigenvalue weighted by Crippen LogP contribution is 2.29. The highest BCUT2D eigenvalue weighted by molar-refractivity contribution is 5.85. The smallest absolute Gasteiger partial charge is 0.434 e. The van der Waals surface area contributed by atoms with Gasteiger partial charge in [-0.05, 0) is 31.5 Å². The lowest BCUT2D eigenvalue weighted by Crippen LogP contribution is -2.23. The van der Waals surface area contributed by atoms with Crippen LogP contribution in [0.5, 0.6) is 5.88 Å². The normalized spacial score (nSPS) is 10.8. The number of fused-ring (bicyclic) bond motifs is 1. The number of aromatic nitrogens is 1. The molecule has 0 radical (unpaired) electrons. The molecular formula is C21H23N3O5. The number of nitro benzene ring substituents is 1. The Bertz CT molecular complexity index is 985. The lowest BCUT2D eigenvalue weighted by Gasteiger charge is -2.11. The Morgan fingerprint density at radius 3 is 2.66 bits per heavy atom. The van der Waals surface area contributed by atoms with E-state index < -0.39 is 11.1 Å². The maximum Gasteiger partial charge on any atom is 0.515 e. The number of nitrogens with one attached hydrogen (secondary N) is 1. The minimum Gasteiger partial charge on any atom is -0.434 e. The molecule has 0 aliphatic rings. The summed E-state index contributed by atoms with van der Waals surface area (Å²) in [6.07, 6.45) is 0.106. The van der Waals surface area contributed by atoms with Gasteiger partial charge in [0, 0.05) is 36.7 Å². The van der Waals surface area contributed by atoms with Crippen molar-refractivity contribution in [1.82, 2.24) is 9.88 Å². The van der Waals surface area contributed by atoms with Gasteiger partial charge in [-0.25, -0.2) is 4.79 Å². The number of hydrogen-bond donors (Lipinski definition) is 1. The summed E-state index contributed by atoms with van der Waals surface area (Å²) in [4.78, 5) is 22.4. The molecule has 0 saturated heterocycles. The summed E-state index contributed by atoms with van der Waals surface area (Å²) >= 11 is 0. The highest BCUT2D eigenvalue weighted by atomic mass is 16.7. The number of nitrogens with zero attached hydrogens (tertiary/aromatic N) is 2. The van der Waals surface area contributed by atoms with Crippen molar-refractivity contribution in [2.45, 2.75) is 19.9 Å². The monoisotopic (exact) mass is 397 g/mol. The molecule has 152 valence electrons. The van der Waals surface area contributed by atoms with Gasteiger partial charge in [-0.3, -0.25) is 10.1 Å². The predicted molar refractivity (Wildman–Crippen MR) is 109 cm³/mol. The van der Waals surface area contributed by atoms with Gasteiger partial charge in [0.05, 0.1) is 17.0 Å². The van der Waals surface area contributed by atoms with E-state index in [-0.39, 0.29) is 12.3 Å². The fraction of sp³-hybridized carbons (Fsp3) is 0.286. The van der Waals surface area contributed by atoms with Crippen LogP contribution in [0.3, 0.4) is 0 Å². The van der Waals surface area contributed by atoms with Crippen LogP contribution in [0, 0.1) is 10.1 Å². The maximum absolute atomic E-state index is 11.8. The SMILES string of the molecule is CCOC(=O)Oc1cc2cc([N+](=O)[O-])ccc2n1CCNCCc1ccccc1. The molecule has 3 rings (SSSR count). The highest BCUT2D eigenvalue weighted by Gasteiger charge is 2.16. The van der Waals surface area contributed by atoms with Gasteiger partial charge in [-0.2, -0.15) is 0 Å². The number of rotatable bonds is 9. The third kappa shape index (κ3) is 5.32. The van der Waals surface area contributed by atoms with Gasteiger partial charge in [0.25, 0.3) is 5.69 Å². The van der Waals surface area contributed by atoms with Crippen LogP contribution in [0.1, 0.15) is 12.5 Å². The summed E-state index contributed by atoms with van der Waals surface area (Å²) in [5.74, 6) is 0.295. The average molecular weight is 397 g/mol. The second kappa shape index (κ2) is 9.70. The third-order valence-corrected chi connectivity index (χ3v) is 4.45. The number of ether oxygens (including phenoxy) is 2. The molecule has 0 spiro atoms. The van der Waals surface area contributed by atoms with Crippen LogP contribution < -0.4 is 10.1 Å². The minimum absolute atomic E-state index is 0.0154. The summed E-state index contributed by atoms with van der Waals surface area (Å²) in [6.45, 7) is 3.88. The maximum atomic E-state index is 11.8. The molecular weight excluding hydrogens is 374 g/mol. The Morgan fingerprint density at radius 1 is 1.14 bits per heavy atom. The zero-order valence-corrected chi connectivity index (χ0v) is 16.2. The van der Waals surface area contributed by atoms with Crippen molar-refractivity contribution in [2.24, 2.45) is 0 Å². The standard InChI is InChI=1S/C21H23N3O5/c1-2-28-21(25)29-20-15-17-14-18(24(26)27)8-9-19(17)23(20)13-12-22-11-10-16-6-4-3-5-7-16/h3-9,14-15,22H,2,10-13H2,1H3. The summed E-state index contributed by atoms with van der Waals surface area (Å²) in [6, 6.07) is 16.4. The molecule has 1 heterocycles. The fourth-order valence-electron chi connectivity index (χ4n) is 3.09. The average Bonchev–Trinajstić information content (AvgIpc) is 3.04. The van der Waals surface area contributed by atoms with E-state index in [9.17, 15) is 14.9 Å². The molecule has 3 aromatic rings. The number of hydrogen-bond acceptors (Lipinski definition) is 6. The van der Waals surface area contributed by atoms with E-state index >= 15 is 0 Å². The van der Waals surface area contributed by atoms with E-state index in [0.717, 1.165) is 18.5 Å². The molecule has 0 aliphatic carbocycles. The molecule has 8 heteroatoms. The second-order valence-corrected chi connectivity index (χ2v) is 6.41. The van der Waals surface area contributed by atoms with Crippen LogP contribution >= 0.6 is 0 Å². The largest absolute Gasteiger partial charge is 0.515 e. The number of carbonyl (C=O) groups is 1. The molecule has 29 heavy (non-hydrogen) atoms. The first kappa shape index (κ1) is 20.3. The molecule has 2 aromatic carbocycles. The Hall–Kier alpha value is -3.39. The molecule has 1 aromatic heterocycles. The quantitative estimate of drug-likeness (QED) is 0.254. The summed E-state index contributed by atoms with van der Waals surface area (Å²) in [5, 5.41) is 15.0.